The van der Waals surface area contributed by atoms with Crippen LogP contribution in [0.1, 0.15) is 32.3 Å². The highest BCUT2D eigenvalue weighted by atomic mass is 16.5. The van der Waals surface area contributed by atoms with Crippen LogP contribution >= 0.6 is 0 Å². The van der Waals surface area contributed by atoms with Crippen LogP contribution < -0.4 is 0 Å². The summed E-state index contributed by atoms with van der Waals surface area (Å²) in [6.07, 6.45) is 5.26. The largest absolute Gasteiger partial charge is 0.375 e. The van der Waals surface area contributed by atoms with Crippen LogP contribution in [0.2, 0.25) is 0 Å². The van der Waals surface area contributed by atoms with Crippen LogP contribution in [0.25, 0.3) is 0 Å². The number of hydrogen-bond acceptors (Lipinski definition) is 4. The fourth-order valence-corrected chi connectivity index (χ4v) is 3.08. The molecule has 1 fully saturated rings. The molecule has 1 aliphatic heterocycles. The summed E-state index contributed by atoms with van der Waals surface area (Å²) >= 11 is 0. The van der Waals surface area contributed by atoms with Crippen molar-refractivity contribution in [3.05, 3.63) is 18.0 Å². The van der Waals surface area contributed by atoms with Gasteiger partial charge in [-0.05, 0) is 26.7 Å². The minimum absolute atomic E-state index is 0.00207. The molecular weight excluding hydrogens is 308 g/mol. The van der Waals surface area contributed by atoms with Gasteiger partial charge in [0.2, 0.25) is 11.8 Å². The Kier molecular flexibility index (Phi) is 6.78. The summed E-state index contributed by atoms with van der Waals surface area (Å²) < 4.78 is 6.76. The van der Waals surface area contributed by atoms with Gasteiger partial charge in [0.05, 0.1) is 6.20 Å². The summed E-state index contributed by atoms with van der Waals surface area (Å²) in [6.45, 7) is 7.51. The van der Waals surface area contributed by atoms with E-state index in [0.29, 0.717) is 26.2 Å². The number of nitrogens with zero attached hydrogens (tertiary/aromatic N) is 4. The van der Waals surface area contributed by atoms with Gasteiger partial charge in [0.25, 0.3) is 0 Å². The number of aryl methyl sites for hydroxylation is 1. The zero-order valence-electron chi connectivity index (χ0n) is 14.9. The van der Waals surface area contributed by atoms with E-state index < -0.39 is 0 Å². The minimum atomic E-state index is -0.00207. The van der Waals surface area contributed by atoms with Crippen LogP contribution in [0, 0.1) is 5.92 Å². The first-order valence-electron chi connectivity index (χ1n) is 8.65. The molecule has 7 nitrogen and oxygen atoms in total. The van der Waals surface area contributed by atoms with Crippen molar-refractivity contribution < 1.29 is 14.3 Å². The van der Waals surface area contributed by atoms with Crippen molar-refractivity contribution in [2.45, 2.75) is 39.8 Å². The molecule has 1 aromatic rings. The first-order chi connectivity index (χ1) is 11.6. The second kappa shape index (κ2) is 8.82. The van der Waals surface area contributed by atoms with Gasteiger partial charge in [-0.1, -0.05) is 0 Å². The van der Waals surface area contributed by atoms with Crippen LogP contribution in [0.15, 0.2) is 12.4 Å². The second-order valence-corrected chi connectivity index (χ2v) is 6.14. The van der Waals surface area contributed by atoms with Gasteiger partial charge in [0, 0.05) is 57.5 Å². The predicted molar refractivity (Wildman–Crippen MR) is 90.2 cm³/mol. The third kappa shape index (κ3) is 4.56. The normalized spacial score (nSPS) is 15.5. The van der Waals surface area contributed by atoms with E-state index >= 15 is 0 Å². The molecular formula is C17H28N4O3. The summed E-state index contributed by atoms with van der Waals surface area (Å²) in [5.74, 6) is 0.182. The van der Waals surface area contributed by atoms with E-state index in [9.17, 15) is 9.59 Å². The van der Waals surface area contributed by atoms with Gasteiger partial charge in [-0.15, -0.1) is 0 Å². The highest BCUT2D eigenvalue weighted by molar-refractivity contribution is 5.80. The summed E-state index contributed by atoms with van der Waals surface area (Å²) in [4.78, 5) is 28.3. The number of likely N-dealkylation sites (tertiary alicyclic amines) is 1. The van der Waals surface area contributed by atoms with Gasteiger partial charge < -0.3 is 14.5 Å². The number of carbonyl (C=O) groups is 2. The van der Waals surface area contributed by atoms with Crippen LogP contribution in [-0.2, 0) is 27.4 Å². The zero-order valence-corrected chi connectivity index (χ0v) is 14.9. The van der Waals surface area contributed by atoms with Gasteiger partial charge in [-0.25, -0.2) is 0 Å². The highest BCUT2D eigenvalue weighted by Gasteiger charge is 2.29. The van der Waals surface area contributed by atoms with Crippen molar-refractivity contribution in [2.24, 2.45) is 5.92 Å². The molecule has 0 bridgehead atoms. The zero-order chi connectivity index (χ0) is 17.5. The van der Waals surface area contributed by atoms with E-state index in [-0.39, 0.29) is 24.3 Å². The molecule has 2 heterocycles. The molecule has 0 saturated carbocycles. The molecule has 0 spiro atoms. The average Bonchev–Trinajstić information content (AvgIpc) is 3.07. The molecule has 0 aromatic carbocycles. The van der Waals surface area contributed by atoms with Crippen molar-refractivity contribution >= 4 is 11.8 Å². The number of methoxy groups -OCH3 is 1. The third-order valence-corrected chi connectivity index (χ3v) is 4.54. The van der Waals surface area contributed by atoms with Crippen LogP contribution in [0.3, 0.4) is 0 Å². The molecule has 1 aliphatic rings. The fourth-order valence-electron chi connectivity index (χ4n) is 3.08. The van der Waals surface area contributed by atoms with E-state index in [1.54, 1.807) is 4.90 Å². The van der Waals surface area contributed by atoms with Crippen LogP contribution in [0.4, 0.5) is 0 Å². The number of hydrogen-bond donors (Lipinski definition) is 0. The first-order valence-corrected chi connectivity index (χ1v) is 8.65. The third-order valence-electron chi connectivity index (χ3n) is 4.54. The van der Waals surface area contributed by atoms with Gasteiger partial charge in [-0.3, -0.25) is 14.3 Å². The molecule has 7 heteroatoms. The maximum absolute atomic E-state index is 12.8. The van der Waals surface area contributed by atoms with Gasteiger partial charge >= 0.3 is 0 Å². The number of amides is 2. The maximum Gasteiger partial charge on any atom is 0.248 e. The van der Waals surface area contributed by atoms with Crippen LogP contribution in [0.5, 0.6) is 0 Å². The number of ether oxygens (including phenoxy) is 1. The molecule has 0 unspecified atom stereocenters. The number of carbonyl (C=O) groups excluding carboxylic acids is 2. The minimum Gasteiger partial charge on any atom is -0.375 e. The number of aromatic nitrogens is 2. The Labute approximate surface area is 143 Å². The van der Waals surface area contributed by atoms with Crippen molar-refractivity contribution in [1.29, 1.82) is 0 Å². The Morgan fingerprint density at radius 3 is 2.58 bits per heavy atom. The molecule has 2 rings (SSSR count). The Morgan fingerprint density at radius 1 is 1.33 bits per heavy atom. The fraction of sp³-hybridized carbons (Fsp3) is 0.706. The molecule has 134 valence electrons. The highest BCUT2D eigenvalue weighted by Crippen LogP contribution is 2.21. The van der Waals surface area contributed by atoms with Crippen molar-refractivity contribution in [2.75, 3.05) is 33.4 Å². The first kappa shape index (κ1) is 18.4. The van der Waals surface area contributed by atoms with Gasteiger partial charge in [-0.2, -0.15) is 5.10 Å². The van der Waals surface area contributed by atoms with E-state index in [4.69, 9.17) is 4.74 Å². The summed E-state index contributed by atoms with van der Waals surface area (Å²) in [7, 11) is 1.52. The lowest BCUT2D eigenvalue weighted by Gasteiger charge is -2.33. The van der Waals surface area contributed by atoms with E-state index in [1.807, 2.05) is 35.8 Å². The van der Waals surface area contributed by atoms with E-state index in [0.717, 1.165) is 24.9 Å². The van der Waals surface area contributed by atoms with E-state index in [2.05, 4.69) is 5.10 Å². The lowest BCUT2D eigenvalue weighted by molar-refractivity contribution is -0.142. The molecule has 0 radical (unpaired) electrons. The quantitative estimate of drug-likeness (QED) is 0.749. The Hall–Kier alpha value is -1.89. The summed E-state index contributed by atoms with van der Waals surface area (Å²) in [5, 5.41) is 4.26. The molecule has 1 saturated heterocycles. The number of piperidine rings is 1. The van der Waals surface area contributed by atoms with E-state index in [1.165, 1.54) is 7.11 Å². The Morgan fingerprint density at radius 2 is 2.04 bits per heavy atom. The van der Waals surface area contributed by atoms with Gasteiger partial charge in [0.15, 0.2) is 0 Å². The van der Waals surface area contributed by atoms with Crippen LogP contribution in [-0.4, -0.2) is 64.7 Å². The Balaban J connectivity index is 1.89. The standard InChI is InChI=1S/C17H28N4O3/c1-4-19(11-14-10-18-21(5-2)12-14)17(23)15-6-8-20(9-7-15)16(22)13-24-3/h10,12,15H,4-9,11,13H2,1-3H3. The summed E-state index contributed by atoms with van der Waals surface area (Å²) in [6, 6.07) is 0. The van der Waals surface area contributed by atoms with Crippen molar-refractivity contribution in [1.82, 2.24) is 19.6 Å². The average molecular weight is 336 g/mol. The van der Waals surface area contributed by atoms with Crippen molar-refractivity contribution in [3.63, 3.8) is 0 Å². The second-order valence-electron chi connectivity index (χ2n) is 6.14. The SMILES string of the molecule is CCN(Cc1cnn(CC)c1)C(=O)C1CCN(C(=O)COC)CC1. The Bertz CT molecular complexity index is 550. The lowest BCUT2D eigenvalue weighted by Crippen LogP contribution is -2.45. The topological polar surface area (TPSA) is 67.7 Å². The summed E-state index contributed by atoms with van der Waals surface area (Å²) in [5.41, 5.74) is 1.06. The number of rotatable bonds is 7. The maximum atomic E-state index is 12.8. The molecule has 0 atom stereocenters. The molecule has 24 heavy (non-hydrogen) atoms. The van der Waals surface area contributed by atoms with Gasteiger partial charge in [0.1, 0.15) is 6.61 Å². The molecule has 0 N–H and O–H groups in total. The monoisotopic (exact) mass is 336 g/mol. The predicted octanol–water partition coefficient (Wildman–Crippen LogP) is 1.14. The molecule has 2 amide bonds. The molecule has 0 aliphatic carbocycles. The smallest absolute Gasteiger partial charge is 0.248 e. The lowest BCUT2D eigenvalue weighted by atomic mass is 9.95. The van der Waals surface area contributed by atoms with Crippen molar-refractivity contribution in [3.8, 4) is 0 Å². The molecule has 1 aromatic heterocycles.